The molecule has 1 aromatic carbocycles. The van der Waals surface area contributed by atoms with Crippen molar-refractivity contribution < 1.29 is 13.3 Å². The monoisotopic (exact) mass is 329 g/mol. The molecule has 0 aliphatic heterocycles. The van der Waals surface area contributed by atoms with Crippen molar-refractivity contribution in [2.75, 3.05) is 26.1 Å². The van der Waals surface area contributed by atoms with Gasteiger partial charge in [0.2, 0.25) is 5.13 Å². The fourth-order valence-electron chi connectivity index (χ4n) is 1.71. The van der Waals surface area contributed by atoms with E-state index in [1.165, 1.54) is 36.8 Å². The lowest BCUT2D eigenvalue weighted by Gasteiger charge is -2.08. The molecular weight excluding hydrogens is 313 g/mol. The molecule has 1 atom stereocenters. The van der Waals surface area contributed by atoms with Crippen molar-refractivity contribution in [1.82, 2.24) is 9.36 Å². The van der Waals surface area contributed by atoms with Crippen LogP contribution in [-0.2, 0) is 22.3 Å². The second kappa shape index (κ2) is 6.95. The molecule has 2 rings (SSSR count). The Morgan fingerprint density at radius 3 is 2.76 bits per heavy atom. The maximum atomic E-state index is 13.3. The zero-order valence-corrected chi connectivity index (χ0v) is 13.6. The maximum Gasteiger partial charge on any atom is 0.204 e. The summed E-state index contributed by atoms with van der Waals surface area (Å²) in [5, 5.41) is 0.769. The van der Waals surface area contributed by atoms with Gasteiger partial charge in [-0.2, -0.15) is 4.37 Å². The maximum absolute atomic E-state index is 13.3. The van der Waals surface area contributed by atoms with Crippen LogP contribution in [-0.4, -0.2) is 34.8 Å². The first-order valence-electron chi connectivity index (χ1n) is 6.17. The highest BCUT2D eigenvalue weighted by molar-refractivity contribution is 7.83. The van der Waals surface area contributed by atoms with E-state index in [1.807, 2.05) is 19.0 Å². The minimum Gasteiger partial charge on any atom is -0.496 e. The molecule has 0 radical (unpaired) electrons. The summed E-state index contributed by atoms with van der Waals surface area (Å²) in [6.07, 6.45) is 0. The van der Waals surface area contributed by atoms with E-state index in [1.54, 1.807) is 0 Å². The van der Waals surface area contributed by atoms with Gasteiger partial charge >= 0.3 is 0 Å². The summed E-state index contributed by atoms with van der Waals surface area (Å²) >= 11 is 1.26. The van der Waals surface area contributed by atoms with Gasteiger partial charge in [-0.25, -0.2) is 9.37 Å². The van der Waals surface area contributed by atoms with Crippen LogP contribution in [0.15, 0.2) is 18.2 Å². The van der Waals surface area contributed by atoms with E-state index in [-0.39, 0.29) is 17.3 Å². The minimum absolute atomic E-state index is 0.206. The largest absolute Gasteiger partial charge is 0.496 e. The Morgan fingerprint density at radius 1 is 1.38 bits per heavy atom. The molecule has 114 valence electrons. The quantitative estimate of drug-likeness (QED) is 0.813. The third-order valence-corrected chi connectivity index (χ3v) is 4.82. The molecule has 0 saturated carbocycles. The first-order valence-corrected chi connectivity index (χ1v) is 8.43. The summed E-state index contributed by atoms with van der Waals surface area (Å²) < 4.78 is 34.8. The molecule has 0 fully saturated rings. The van der Waals surface area contributed by atoms with Gasteiger partial charge in [0.15, 0.2) is 5.82 Å². The number of hydrogen-bond donors (Lipinski definition) is 0. The van der Waals surface area contributed by atoms with Gasteiger partial charge in [-0.1, -0.05) is 0 Å². The van der Waals surface area contributed by atoms with E-state index in [0.717, 1.165) is 5.13 Å². The molecule has 0 spiro atoms. The van der Waals surface area contributed by atoms with E-state index in [2.05, 4.69) is 9.36 Å². The van der Waals surface area contributed by atoms with Gasteiger partial charge in [0.1, 0.15) is 11.6 Å². The van der Waals surface area contributed by atoms with Crippen LogP contribution in [0.5, 0.6) is 5.75 Å². The predicted molar refractivity (Wildman–Crippen MR) is 82.7 cm³/mol. The lowest BCUT2D eigenvalue weighted by Crippen LogP contribution is -2.08. The Kier molecular flexibility index (Phi) is 5.24. The Balaban J connectivity index is 2.06. The molecule has 21 heavy (non-hydrogen) atoms. The van der Waals surface area contributed by atoms with Crippen molar-refractivity contribution in [3.8, 4) is 5.75 Å². The molecule has 0 saturated heterocycles. The van der Waals surface area contributed by atoms with E-state index in [9.17, 15) is 8.60 Å². The molecule has 0 aliphatic carbocycles. The zero-order chi connectivity index (χ0) is 15.4. The van der Waals surface area contributed by atoms with Crippen LogP contribution in [0.25, 0.3) is 0 Å². The standard InChI is InChI=1S/C13H16FN3O2S2/c1-17(2)13-15-12(16-20-13)8-21(18)7-9-6-10(14)4-5-11(9)19-3/h4-6H,7-8H2,1-3H3. The Hall–Kier alpha value is -1.54. The summed E-state index contributed by atoms with van der Waals surface area (Å²) in [7, 11) is 4.03. The lowest BCUT2D eigenvalue weighted by atomic mass is 10.2. The fourth-order valence-corrected chi connectivity index (χ4v) is 3.49. The van der Waals surface area contributed by atoms with Gasteiger partial charge in [0, 0.05) is 42.0 Å². The molecule has 5 nitrogen and oxygen atoms in total. The lowest BCUT2D eigenvalue weighted by molar-refractivity contribution is 0.410. The number of ether oxygens (including phenoxy) is 1. The van der Waals surface area contributed by atoms with Gasteiger partial charge in [-0.05, 0) is 18.2 Å². The summed E-state index contributed by atoms with van der Waals surface area (Å²) in [6, 6.07) is 4.19. The number of aromatic nitrogens is 2. The average molecular weight is 329 g/mol. The van der Waals surface area contributed by atoms with E-state index >= 15 is 0 Å². The van der Waals surface area contributed by atoms with Crippen LogP contribution in [0.4, 0.5) is 9.52 Å². The van der Waals surface area contributed by atoms with Crippen LogP contribution >= 0.6 is 11.5 Å². The molecule has 1 heterocycles. The number of hydrogen-bond acceptors (Lipinski definition) is 6. The van der Waals surface area contributed by atoms with E-state index in [4.69, 9.17) is 4.74 Å². The van der Waals surface area contributed by atoms with Gasteiger partial charge in [-0.15, -0.1) is 0 Å². The normalized spacial score (nSPS) is 12.2. The average Bonchev–Trinajstić information content (AvgIpc) is 2.87. The smallest absolute Gasteiger partial charge is 0.204 e. The fraction of sp³-hybridized carbons (Fsp3) is 0.385. The number of nitrogens with zero attached hydrogens (tertiary/aromatic N) is 3. The van der Waals surface area contributed by atoms with Gasteiger partial charge in [0.25, 0.3) is 0 Å². The Morgan fingerprint density at radius 2 is 2.14 bits per heavy atom. The third kappa shape index (κ3) is 4.21. The summed E-state index contributed by atoms with van der Waals surface area (Å²) in [6.45, 7) is 0. The molecule has 0 amide bonds. The molecule has 0 N–H and O–H groups in total. The van der Waals surface area contributed by atoms with Gasteiger partial charge in [0.05, 0.1) is 18.6 Å². The number of benzene rings is 1. The number of rotatable bonds is 6. The highest BCUT2D eigenvalue weighted by atomic mass is 32.2. The Labute approximate surface area is 129 Å². The van der Waals surface area contributed by atoms with Crippen molar-refractivity contribution in [1.29, 1.82) is 0 Å². The minimum atomic E-state index is -1.23. The zero-order valence-electron chi connectivity index (χ0n) is 12.0. The molecule has 0 aliphatic rings. The number of methoxy groups -OCH3 is 1. The van der Waals surface area contributed by atoms with Crippen molar-refractivity contribution in [3.05, 3.63) is 35.4 Å². The SMILES string of the molecule is COc1ccc(F)cc1CS(=O)Cc1nsc(N(C)C)n1. The van der Waals surface area contributed by atoms with Crippen molar-refractivity contribution in [2.45, 2.75) is 11.5 Å². The predicted octanol–water partition coefficient (Wildman–Crippen LogP) is 2.20. The topological polar surface area (TPSA) is 55.3 Å². The number of halogens is 1. The first kappa shape index (κ1) is 15.8. The molecule has 8 heteroatoms. The van der Waals surface area contributed by atoms with Crippen molar-refractivity contribution >= 4 is 27.5 Å². The molecular formula is C13H16FN3O2S2. The van der Waals surface area contributed by atoms with Crippen LogP contribution in [0, 0.1) is 5.82 Å². The summed E-state index contributed by atoms with van der Waals surface area (Å²) in [5.74, 6) is 1.15. The second-order valence-electron chi connectivity index (χ2n) is 4.57. The Bertz CT molecular complexity index is 646. The van der Waals surface area contributed by atoms with E-state index in [0.29, 0.717) is 17.1 Å². The van der Waals surface area contributed by atoms with Crippen LogP contribution in [0.3, 0.4) is 0 Å². The van der Waals surface area contributed by atoms with Gasteiger partial charge < -0.3 is 9.64 Å². The molecule has 1 unspecified atom stereocenters. The highest BCUT2D eigenvalue weighted by Gasteiger charge is 2.13. The van der Waals surface area contributed by atoms with Crippen LogP contribution in [0.1, 0.15) is 11.4 Å². The van der Waals surface area contributed by atoms with Crippen molar-refractivity contribution in [3.63, 3.8) is 0 Å². The highest BCUT2D eigenvalue weighted by Crippen LogP contribution is 2.22. The van der Waals surface area contributed by atoms with E-state index < -0.39 is 10.8 Å². The third-order valence-electron chi connectivity index (χ3n) is 2.69. The second-order valence-corrected chi connectivity index (χ2v) is 6.76. The molecule has 2 aromatic rings. The summed E-state index contributed by atoms with van der Waals surface area (Å²) in [5.41, 5.74) is 0.582. The first-order chi connectivity index (χ1) is 9.99. The molecule has 0 bridgehead atoms. The van der Waals surface area contributed by atoms with Crippen molar-refractivity contribution in [2.24, 2.45) is 0 Å². The molecule has 1 aromatic heterocycles. The number of anilines is 1. The van der Waals surface area contributed by atoms with Crippen LogP contribution in [0.2, 0.25) is 0 Å². The van der Waals surface area contributed by atoms with Crippen LogP contribution < -0.4 is 9.64 Å². The summed E-state index contributed by atoms with van der Waals surface area (Å²) in [4.78, 5) is 6.13. The van der Waals surface area contributed by atoms with Gasteiger partial charge in [-0.3, -0.25) is 4.21 Å².